The van der Waals surface area contributed by atoms with Crippen LogP contribution in [-0.2, 0) is 17.7 Å². The Hall–Kier alpha value is -3.90. The lowest BCUT2D eigenvalue weighted by atomic mass is 10.0. The molecule has 1 atom stereocenters. The lowest BCUT2D eigenvalue weighted by molar-refractivity contribution is 0.168. The van der Waals surface area contributed by atoms with Crippen LogP contribution >= 0.6 is 0 Å². The van der Waals surface area contributed by atoms with Crippen molar-refractivity contribution >= 4 is 5.84 Å². The summed E-state index contributed by atoms with van der Waals surface area (Å²) in [6, 6.07) is 28.2. The van der Waals surface area contributed by atoms with Crippen LogP contribution < -0.4 is 16.5 Å². The molecular formula is C30H38N6O2. The molecule has 3 aromatic carbocycles. The van der Waals surface area contributed by atoms with E-state index in [0.29, 0.717) is 25.0 Å². The molecule has 3 aromatic rings. The lowest BCUT2D eigenvalue weighted by Crippen LogP contribution is -2.48. The molecule has 0 radical (unpaired) electrons. The van der Waals surface area contributed by atoms with Gasteiger partial charge in [-0.15, -0.1) is 0 Å². The average Bonchev–Trinajstić information content (AvgIpc) is 2.92. The minimum absolute atomic E-state index is 0.0710. The Bertz CT molecular complexity index is 1160. The molecule has 1 saturated heterocycles. The van der Waals surface area contributed by atoms with Crippen LogP contribution in [0.1, 0.15) is 29.2 Å². The van der Waals surface area contributed by atoms with Crippen LogP contribution in [0, 0.1) is 11.3 Å². The molecule has 4 rings (SSSR count). The van der Waals surface area contributed by atoms with Crippen molar-refractivity contribution in [2.45, 2.75) is 25.9 Å². The predicted molar refractivity (Wildman–Crippen MR) is 152 cm³/mol. The number of piperazine rings is 1. The summed E-state index contributed by atoms with van der Waals surface area (Å²) in [7, 11) is 0. The maximum absolute atomic E-state index is 9.49. The summed E-state index contributed by atoms with van der Waals surface area (Å²) in [4.78, 5) is 2.51. The molecule has 1 unspecified atom stereocenters. The first-order chi connectivity index (χ1) is 18.5. The second-order valence-electron chi connectivity index (χ2n) is 9.24. The fourth-order valence-corrected chi connectivity index (χ4v) is 4.13. The smallest absolute Gasteiger partial charge is 0.150 e. The molecule has 1 aliphatic heterocycles. The number of ether oxygens (including phenoxy) is 1. The summed E-state index contributed by atoms with van der Waals surface area (Å²) < 4.78 is 5.00. The van der Waals surface area contributed by atoms with E-state index in [1.165, 1.54) is 12.1 Å². The van der Waals surface area contributed by atoms with E-state index in [1.807, 2.05) is 42.5 Å². The number of aromatic hydroxyl groups is 1. The third-order valence-electron chi connectivity index (χ3n) is 5.99. The largest absolute Gasteiger partial charge is 0.508 e. The molecule has 0 aromatic heterocycles. The first-order valence-corrected chi connectivity index (χ1v) is 12.9. The maximum atomic E-state index is 9.49. The number of hydrazone groups is 1. The number of hydrogen-bond acceptors (Lipinski definition) is 7. The molecular weight excluding hydrogens is 476 g/mol. The number of benzene rings is 3. The first kappa shape index (κ1) is 28.7. The van der Waals surface area contributed by atoms with Gasteiger partial charge in [0.15, 0.2) is 5.84 Å². The molecule has 0 amide bonds. The van der Waals surface area contributed by atoms with Crippen molar-refractivity contribution in [1.82, 2.24) is 15.6 Å². The molecule has 0 aliphatic carbocycles. The van der Waals surface area contributed by atoms with Gasteiger partial charge >= 0.3 is 0 Å². The number of nitrogens with two attached hydrogens (primary N) is 1. The summed E-state index contributed by atoms with van der Waals surface area (Å²) in [5.41, 5.74) is 13.1. The molecule has 0 bridgehead atoms. The van der Waals surface area contributed by atoms with Crippen LogP contribution in [0.25, 0.3) is 0 Å². The average molecular weight is 515 g/mol. The summed E-state index contributed by atoms with van der Waals surface area (Å²) in [6.45, 7) is 7.73. The second kappa shape index (κ2) is 16.0. The van der Waals surface area contributed by atoms with E-state index in [4.69, 9.17) is 15.7 Å². The predicted octanol–water partition coefficient (Wildman–Crippen LogP) is 3.21. The van der Waals surface area contributed by atoms with E-state index < -0.39 is 0 Å². The molecule has 8 nitrogen and oxygen atoms in total. The minimum atomic E-state index is 0.0710. The van der Waals surface area contributed by atoms with Gasteiger partial charge in [-0.2, -0.15) is 10.4 Å². The molecule has 0 saturated carbocycles. The van der Waals surface area contributed by atoms with Gasteiger partial charge in [-0.25, -0.2) is 0 Å². The quantitative estimate of drug-likeness (QED) is 0.142. The number of phenolic OH excluding ortho intramolecular Hbond substituents is 1. The number of rotatable bonds is 10. The number of phenols is 1. The number of amidine groups is 1. The van der Waals surface area contributed by atoms with E-state index in [1.54, 1.807) is 12.1 Å². The van der Waals surface area contributed by atoms with Gasteiger partial charge in [0.1, 0.15) is 12.4 Å². The minimum Gasteiger partial charge on any atom is -0.508 e. The van der Waals surface area contributed by atoms with E-state index in [0.717, 1.165) is 42.7 Å². The van der Waals surface area contributed by atoms with Crippen LogP contribution in [0.4, 0.5) is 0 Å². The molecule has 8 heteroatoms. The van der Waals surface area contributed by atoms with Gasteiger partial charge in [0, 0.05) is 37.8 Å². The summed E-state index contributed by atoms with van der Waals surface area (Å²) in [6.07, 6.45) is 0.736. The van der Waals surface area contributed by atoms with E-state index in [9.17, 15) is 5.11 Å². The van der Waals surface area contributed by atoms with Crippen molar-refractivity contribution in [3.63, 3.8) is 0 Å². The van der Waals surface area contributed by atoms with Crippen LogP contribution in [0.3, 0.4) is 0 Å². The van der Waals surface area contributed by atoms with Crippen LogP contribution in [0.2, 0.25) is 0 Å². The van der Waals surface area contributed by atoms with Gasteiger partial charge in [-0.1, -0.05) is 66.7 Å². The monoisotopic (exact) mass is 514 g/mol. The normalized spacial score (nSPS) is 15.7. The third kappa shape index (κ3) is 10.6. The molecule has 200 valence electrons. The maximum Gasteiger partial charge on any atom is 0.150 e. The van der Waals surface area contributed by atoms with Crippen LogP contribution in [0.5, 0.6) is 5.75 Å². The molecule has 1 heterocycles. The Labute approximate surface area is 225 Å². The van der Waals surface area contributed by atoms with Crippen LogP contribution in [0.15, 0.2) is 84.0 Å². The highest BCUT2D eigenvalue weighted by Gasteiger charge is 2.14. The van der Waals surface area contributed by atoms with E-state index in [-0.39, 0.29) is 12.4 Å². The summed E-state index contributed by atoms with van der Waals surface area (Å²) >= 11 is 0. The fraction of sp³-hybridized carbons (Fsp3) is 0.333. The van der Waals surface area contributed by atoms with Crippen molar-refractivity contribution in [1.29, 1.82) is 5.26 Å². The van der Waals surface area contributed by atoms with Gasteiger partial charge in [-0.05, 0) is 42.2 Å². The Balaban J connectivity index is 0.000000241. The molecule has 0 spiro atoms. The van der Waals surface area contributed by atoms with Crippen molar-refractivity contribution in [2.75, 3.05) is 39.4 Å². The Morgan fingerprint density at radius 1 is 1.11 bits per heavy atom. The molecule has 1 fully saturated rings. The SMILES string of the molecule is CC1CN(Cc2ccccc2)CCN1.N#CCOCCN/N=C(\N)c1ccc(Cc2cccc(O)c2)cc1. The molecule has 38 heavy (non-hydrogen) atoms. The number of hydrogen-bond donors (Lipinski definition) is 4. The van der Waals surface area contributed by atoms with Gasteiger partial charge < -0.3 is 26.3 Å². The standard InChI is InChI=1S/C18H20N4O2.C12H18N2/c19-8-10-24-11-9-21-22-18(20)16-6-4-14(5-7-16)12-15-2-1-3-17(23)13-15;1-11-9-14(8-7-13-11)10-12-5-3-2-4-6-12/h1-7,13,21,23H,9-12H2,(H2,20,22);2-6,11,13H,7-10H2,1H3. The second-order valence-corrected chi connectivity index (χ2v) is 9.24. The molecule has 1 aliphatic rings. The lowest BCUT2D eigenvalue weighted by Gasteiger charge is -2.31. The van der Waals surface area contributed by atoms with Crippen molar-refractivity contribution in [3.8, 4) is 11.8 Å². The fourth-order valence-electron chi connectivity index (χ4n) is 4.13. The van der Waals surface area contributed by atoms with Crippen molar-refractivity contribution in [3.05, 3.63) is 101 Å². The summed E-state index contributed by atoms with van der Waals surface area (Å²) in [5.74, 6) is 0.657. The van der Waals surface area contributed by atoms with Crippen molar-refractivity contribution < 1.29 is 9.84 Å². The molecule has 5 N–H and O–H groups in total. The van der Waals surface area contributed by atoms with Crippen molar-refractivity contribution in [2.24, 2.45) is 10.8 Å². The number of nitrogens with one attached hydrogen (secondary N) is 2. The number of nitriles is 1. The zero-order valence-corrected chi connectivity index (χ0v) is 22.0. The Kier molecular flexibility index (Phi) is 12.1. The summed E-state index contributed by atoms with van der Waals surface area (Å²) in [5, 5.41) is 25.3. The van der Waals surface area contributed by atoms with Gasteiger partial charge in [0.2, 0.25) is 0 Å². The Morgan fingerprint density at radius 2 is 1.87 bits per heavy atom. The van der Waals surface area contributed by atoms with Gasteiger partial charge in [-0.3, -0.25) is 4.90 Å². The van der Waals surface area contributed by atoms with Gasteiger partial charge in [0.25, 0.3) is 0 Å². The van der Waals surface area contributed by atoms with Gasteiger partial charge in [0.05, 0.1) is 19.2 Å². The highest BCUT2D eigenvalue weighted by Crippen LogP contribution is 2.15. The third-order valence-corrected chi connectivity index (χ3v) is 5.99. The first-order valence-electron chi connectivity index (χ1n) is 12.9. The zero-order chi connectivity index (χ0) is 27.0. The zero-order valence-electron chi connectivity index (χ0n) is 22.0. The topological polar surface area (TPSA) is 119 Å². The highest BCUT2D eigenvalue weighted by atomic mass is 16.5. The number of nitrogens with zero attached hydrogens (tertiary/aromatic N) is 3. The Morgan fingerprint density at radius 3 is 2.58 bits per heavy atom. The van der Waals surface area contributed by atoms with E-state index in [2.05, 4.69) is 58.0 Å². The van der Waals surface area contributed by atoms with Crippen LogP contribution in [-0.4, -0.2) is 61.3 Å². The van der Waals surface area contributed by atoms with E-state index >= 15 is 0 Å². The highest BCUT2D eigenvalue weighted by molar-refractivity contribution is 5.97.